The fraction of sp³-hybridized carbons (Fsp3) is 0.619. The molecule has 0 bridgehead atoms. The first-order valence-electron chi connectivity index (χ1n) is 10.1. The smallest absolute Gasteiger partial charge is 0.260 e. The van der Waals surface area contributed by atoms with Crippen molar-refractivity contribution < 1.29 is 19.1 Å². The van der Waals surface area contributed by atoms with Crippen LogP contribution in [-0.4, -0.2) is 56.2 Å². The third-order valence-corrected chi connectivity index (χ3v) is 6.08. The van der Waals surface area contributed by atoms with Gasteiger partial charge in [-0.15, -0.1) is 0 Å². The average molecular weight is 372 g/mol. The summed E-state index contributed by atoms with van der Waals surface area (Å²) in [6.45, 7) is 4.18. The first-order chi connectivity index (χ1) is 13.2. The number of benzene rings is 1. The number of hydrogen-bond donors (Lipinski definition) is 0. The van der Waals surface area contributed by atoms with Crippen molar-refractivity contribution in [2.24, 2.45) is 11.8 Å². The minimum atomic E-state index is 0.0483. The SMILES string of the molecule is O=C(COc1cccc(N2CCCC2=O)c1)N1CCC(C2CCOCC2)C1. The molecule has 0 N–H and O–H groups in total. The van der Waals surface area contributed by atoms with Crippen molar-refractivity contribution in [1.82, 2.24) is 4.90 Å². The van der Waals surface area contributed by atoms with E-state index in [2.05, 4.69) is 0 Å². The highest BCUT2D eigenvalue weighted by molar-refractivity contribution is 5.95. The molecule has 1 unspecified atom stereocenters. The van der Waals surface area contributed by atoms with Crippen LogP contribution >= 0.6 is 0 Å². The fourth-order valence-electron chi connectivity index (χ4n) is 4.48. The van der Waals surface area contributed by atoms with Crippen molar-refractivity contribution in [3.8, 4) is 5.75 Å². The molecular formula is C21H28N2O4. The van der Waals surface area contributed by atoms with E-state index in [0.29, 0.717) is 24.0 Å². The molecule has 3 saturated heterocycles. The van der Waals surface area contributed by atoms with Gasteiger partial charge in [-0.1, -0.05) is 6.07 Å². The molecule has 146 valence electrons. The number of hydrogen-bond acceptors (Lipinski definition) is 4. The van der Waals surface area contributed by atoms with Crippen molar-refractivity contribution in [2.45, 2.75) is 32.1 Å². The van der Waals surface area contributed by atoms with Crippen LogP contribution in [0.2, 0.25) is 0 Å². The van der Waals surface area contributed by atoms with Gasteiger partial charge in [0.1, 0.15) is 5.75 Å². The fourth-order valence-corrected chi connectivity index (χ4v) is 4.48. The van der Waals surface area contributed by atoms with Crippen molar-refractivity contribution in [2.75, 3.05) is 44.4 Å². The molecule has 0 saturated carbocycles. The van der Waals surface area contributed by atoms with E-state index in [4.69, 9.17) is 9.47 Å². The predicted octanol–water partition coefficient (Wildman–Crippen LogP) is 2.47. The molecule has 6 nitrogen and oxygen atoms in total. The molecule has 6 heteroatoms. The largest absolute Gasteiger partial charge is 0.484 e. The summed E-state index contributed by atoms with van der Waals surface area (Å²) in [6, 6.07) is 7.48. The van der Waals surface area contributed by atoms with Crippen LogP contribution in [0.3, 0.4) is 0 Å². The Labute approximate surface area is 160 Å². The van der Waals surface area contributed by atoms with E-state index < -0.39 is 0 Å². The van der Waals surface area contributed by atoms with Crippen molar-refractivity contribution >= 4 is 17.5 Å². The molecule has 0 radical (unpaired) electrons. The zero-order valence-corrected chi connectivity index (χ0v) is 15.8. The zero-order chi connectivity index (χ0) is 18.6. The lowest BCUT2D eigenvalue weighted by atomic mass is 9.85. The average Bonchev–Trinajstić information content (AvgIpc) is 3.36. The zero-order valence-electron chi connectivity index (χ0n) is 15.8. The summed E-state index contributed by atoms with van der Waals surface area (Å²) in [7, 11) is 0. The molecular weight excluding hydrogens is 344 g/mol. The Morgan fingerprint density at radius 3 is 2.78 bits per heavy atom. The van der Waals surface area contributed by atoms with Crippen molar-refractivity contribution in [3.05, 3.63) is 24.3 Å². The lowest BCUT2D eigenvalue weighted by Crippen LogP contribution is -2.34. The quantitative estimate of drug-likeness (QED) is 0.797. The van der Waals surface area contributed by atoms with Crippen LogP contribution in [0.15, 0.2) is 24.3 Å². The molecule has 3 fully saturated rings. The predicted molar refractivity (Wildman–Crippen MR) is 102 cm³/mol. The first-order valence-corrected chi connectivity index (χ1v) is 10.1. The summed E-state index contributed by atoms with van der Waals surface area (Å²) in [6.07, 6.45) is 4.82. The molecule has 4 rings (SSSR count). The number of ether oxygens (including phenoxy) is 2. The Hall–Kier alpha value is -2.08. The second-order valence-electron chi connectivity index (χ2n) is 7.77. The van der Waals surface area contributed by atoms with E-state index in [1.807, 2.05) is 29.2 Å². The molecule has 2 amide bonds. The number of carbonyl (C=O) groups is 2. The Kier molecular flexibility index (Phi) is 5.62. The number of nitrogens with zero attached hydrogens (tertiary/aromatic N) is 2. The molecule has 0 aromatic heterocycles. The minimum Gasteiger partial charge on any atom is -0.484 e. The van der Waals surface area contributed by atoms with Crippen LogP contribution in [0.1, 0.15) is 32.1 Å². The minimum absolute atomic E-state index is 0.0483. The molecule has 27 heavy (non-hydrogen) atoms. The normalized spacial score (nSPS) is 23.9. The van der Waals surface area contributed by atoms with Gasteiger partial charge in [-0.05, 0) is 49.7 Å². The summed E-state index contributed by atoms with van der Waals surface area (Å²) in [5.74, 6) is 2.13. The number of rotatable bonds is 5. The van der Waals surface area contributed by atoms with Gasteiger partial charge in [-0.2, -0.15) is 0 Å². The molecule has 1 atom stereocenters. The summed E-state index contributed by atoms with van der Waals surface area (Å²) >= 11 is 0. The van der Waals surface area contributed by atoms with Gasteiger partial charge in [0.2, 0.25) is 5.91 Å². The van der Waals surface area contributed by atoms with Gasteiger partial charge < -0.3 is 19.3 Å². The highest BCUT2D eigenvalue weighted by atomic mass is 16.5. The topological polar surface area (TPSA) is 59.1 Å². The summed E-state index contributed by atoms with van der Waals surface area (Å²) in [5.41, 5.74) is 0.850. The van der Waals surface area contributed by atoms with E-state index in [1.54, 1.807) is 4.90 Å². The summed E-state index contributed by atoms with van der Waals surface area (Å²) < 4.78 is 11.2. The molecule has 3 heterocycles. The van der Waals surface area contributed by atoms with E-state index >= 15 is 0 Å². The van der Waals surface area contributed by atoms with Crippen LogP contribution in [-0.2, 0) is 14.3 Å². The van der Waals surface area contributed by atoms with E-state index in [-0.39, 0.29) is 18.4 Å². The number of likely N-dealkylation sites (tertiary alicyclic amines) is 1. The van der Waals surface area contributed by atoms with Crippen LogP contribution in [0.25, 0.3) is 0 Å². The number of amides is 2. The monoisotopic (exact) mass is 372 g/mol. The van der Waals surface area contributed by atoms with Crippen LogP contribution < -0.4 is 9.64 Å². The lowest BCUT2D eigenvalue weighted by Gasteiger charge is -2.27. The van der Waals surface area contributed by atoms with Crippen molar-refractivity contribution in [3.63, 3.8) is 0 Å². The van der Waals surface area contributed by atoms with Gasteiger partial charge in [0, 0.05) is 51.0 Å². The maximum absolute atomic E-state index is 12.6. The van der Waals surface area contributed by atoms with Crippen molar-refractivity contribution in [1.29, 1.82) is 0 Å². The Morgan fingerprint density at radius 1 is 1.15 bits per heavy atom. The molecule has 1 aromatic carbocycles. The third-order valence-electron chi connectivity index (χ3n) is 6.08. The summed E-state index contributed by atoms with van der Waals surface area (Å²) in [4.78, 5) is 28.2. The van der Waals surface area contributed by atoms with Gasteiger partial charge in [0.15, 0.2) is 6.61 Å². The third kappa shape index (κ3) is 4.26. The lowest BCUT2D eigenvalue weighted by molar-refractivity contribution is -0.132. The molecule has 1 aromatic rings. The van der Waals surface area contributed by atoms with Gasteiger partial charge in [0.05, 0.1) is 0 Å². The molecule has 3 aliphatic rings. The van der Waals surface area contributed by atoms with Gasteiger partial charge in [-0.3, -0.25) is 9.59 Å². The molecule has 0 spiro atoms. The number of anilines is 1. The maximum Gasteiger partial charge on any atom is 0.260 e. The van der Waals surface area contributed by atoms with Gasteiger partial charge in [-0.25, -0.2) is 0 Å². The Bertz CT molecular complexity index is 687. The Balaban J connectivity index is 1.29. The standard InChI is InChI=1S/C21H28N2O4/c24-20-5-2-9-23(20)18-3-1-4-19(13-18)27-15-21(25)22-10-6-17(14-22)16-7-11-26-12-8-16/h1,3-4,13,16-17H,2,5-12,14-15H2. The van der Waals surface area contributed by atoms with Gasteiger partial charge in [0.25, 0.3) is 5.91 Å². The highest BCUT2D eigenvalue weighted by Crippen LogP contribution is 2.31. The second-order valence-corrected chi connectivity index (χ2v) is 7.77. The highest BCUT2D eigenvalue weighted by Gasteiger charge is 2.32. The molecule has 0 aliphatic carbocycles. The van der Waals surface area contributed by atoms with Crippen LogP contribution in [0, 0.1) is 11.8 Å². The van der Waals surface area contributed by atoms with E-state index in [0.717, 1.165) is 64.2 Å². The second kappa shape index (κ2) is 8.30. The number of carbonyl (C=O) groups excluding carboxylic acids is 2. The van der Waals surface area contributed by atoms with E-state index in [1.165, 1.54) is 0 Å². The first kappa shape index (κ1) is 18.3. The maximum atomic E-state index is 12.6. The summed E-state index contributed by atoms with van der Waals surface area (Å²) in [5, 5.41) is 0. The molecule has 3 aliphatic heterocycles. The van der Waals surface area contributed by atoms with Crippen LogP contribution in [0.4, 0.5) is 5.69 Å². The van der Waals surface area contributed by atoms with Gasteiger partial charge >= 0.3 is 0 Å². The van der Waals surface area contributed by atoms with E-state index in [9.17, 15) is 9.59 Å². The Morgan fingerprint density at radius 2 is 2.00 bits per heavy atom. The van der Waals surface area contributed by atoms with Crippen LogP contribution in [0.5, 0.6) is 5.75 Å².